The van der Waals surface area contributed by atoms with Crippen molar-refractivity contribution in [2.45, 2.75) is 89.9 Å². The first-order chi connectivity index (χ1) is 10.1. The largest absolute Gasteiger partial charge is 0.346 e. The lowest BCUT2D eigenvalue weighted by Crippen LogP contribution is -2.57. The minimum absolute atomic E-state index is 0.351. The van der Waals surface area contributed by atoms with Crippen LogP contribution in [0.25, 0.3) is 0 Å². The fourth-order valence-electron chi connectivity index (χ4n) is 6.14. The van der Waals surface area contributed by atoms with E-state index in [9.17, 15) is 0 Å². The van der Waals surface area contributed by atoms with Crippen molar-refractivity contribution in [1.29, 1.82) is 0 Å². The Labute approximate surface area is 130 Å². The lowest BCUT2D eigenvalue weighted by atomic mass is 9.38. The summed E-state index contributed by atoms with van der Waals surface area (Å²) in [6, 6.07) is 0. The summed E-state index contributed by atoms with van der Waals surface area (Å²) in [5.74, 6) is 3.92. The molecule has 0 aromatic carbocycles. The van der Waals surface area contributed by atoms with Gasteiger partial charge in [-0.1, -0.05) is 59.3 Å². The molecule has 0 N–H and O–H groups in total. The molecular formula is C18H31BO2. The summed E-state index contributed by atoms with van der Waals surface area (Å²) in [4.78, 5) is 12.2. The van der Waals surface area contributed by atoms with E-state index in [-0.39, 0.29) is 0 Å². The predicted octanol–water partition coefficient (Wildman–Crippen LogP) is 5.11. The lowest BCUT2D eigenvalue weighted by Gasteiger charge is -2.61. The van der Waals surface area contributed by atoms with Crippen molar-refractivity contribution in [2.75, 3.05) is 0 Å². The third-order valence-corrected chi connectivity index (χ3v) is 7.80. The summed E-state index contributed by atoms with van der Waals surface area (Å²) < 4.78 is 0. The molecule has 3 aliphatic carbocycles. The van der Waals surface area contributed by atoms with Gasteiger partial charge in [-0.15, -0.1) is 0 Å². The summed E-state index contributed by atoms with van der Waals surface area (Å²) in [6.45, 7) is 7.69. The van der Waals surface area contributed by atoms with E-state index in [1.165, 1.54) is 51.4 Å². The van der Waals surface area contributed by atoms with Gasteiger partial charge in [-0.2, -0.15) is 0 Å². The van der Waals surface area contributed by atoms with Crippen molar-refractivity contribution in [1.82, 2.24) is 0 Å². The SMILES string of the molecule is C[C@@H]1[C@H]2C[C@@H](C[C@H]1OOB1C3CCCC1CCC3)C2(C)C. The van der Waals surface area contributed by atoms with Gasteiger partial charge in [0.15, 0.2) is 0 Å². The monoisotopic (exact) mass is 290 g/mol. The fourth-order valence-corrected chi connectivity index (χ4v) is 6.14. The van der Waals surface area contributed by atoms with Gasteiger partial charge in [0.1, 0.15) is 0 Å². The van der Waals surface area contributed by atoms with E-state index < -0.39 is 0 Å². The quantitative estimate of drug-likeness (QED) is 0.409. The Bertz CT molecular complexity index is 375. The summed E-state index contributed by atoms with van der Waals surface area (Å²) in [5.41, 5.74) is 0.542. The van der Waals surface area contributed by atoms with Gasteiger partial charge < -0.3 is 4.81 Å². The Balaban J connectivity index is 1.35. The molecule has 0 aromatic rings. The zero-order valence-electron chi connectivity index (χ0n) is 14.0. The standard InChI is InChI=1S/C18H31BO2/c1-12-16-10-13(18(16,2)3)11-17(12)20-21-19-14-6-4-7-15(19)9-5-8-14/h12-17H,4-11H2,1-3H3/t12-,13+,14?,15?,16-,17-/m1/s1. The average molecular weight is 290 g/mol. The van der Waals surface area contributed by atoms with E-state index in [4.69, 9.17) is 9.69 Å². The van der Waals surface area contributed by atoms with E-state index in [2.05, 4.69) is 20.8 Å². The summed E-state index contributed by atoms with van der Waals surface area (Å²) in [5, 5.41) is 0. The van der Waals surface area contributed by atoms with Crippen LogP contribution in [0.4, 0.5) is 0 Å². The molecule has 4 bridgehead atoms. The number of hydrogen-bond donors (Lipinski definition) is 0. The molecule has 5 fully saturated rings. The van der Waals surface area contributed by atoms with Crippen LogP contribution in [0.3, 0.4) is 0 Å². The summed E-state index contributed by atoms with van der Waals surface area (Å²) in [6.07, 6.45) is 11.3. The zero-order chi connectivity index (χ0) is 14.6. The van der Waals surface area contributed by atoms with Crippen LogP contribution >= 0.6 is 0 Å². The lowest BCUT2D eigenvalue weighted by molar-refractivity contribution is -0.306. The second-order valence-electron chi connectivity index (χ2n) is 9.03. The minimum atomic E-state index is 0.351. The van der Waals surface area contributed by atoms with E-state index in [0.717, 1.165) is 23.5 Å². The van der Waals surface area contributed by atoms with E-state index in [1.807, 2.05) is 0 Å². The van der Waals surface area contributed by atoms with E-state index in [1.54, 1.807) is 0 Å². The van der Waals surface area contributed by atoms with Crippen LogP contribution in [0.1, 0.15) is 72.1 Å². The van der Waals surface area contributed by atoms with Crippen molar-refractivity contribution in [3.8, 4) is 0 Å². The van der Waals surface area contributed by atoms with Crippen molar-refractivity contribution in [3.63, 3.8) is 0 Å². The fraction of sp³-hybridized carbons (Fsp3) is 1.00. The molecule has 0 amide bonds. The molecule has 5 rings (SSSR count). The second kappa shape index (κ2) is 5.27. The molecule has 0 spiro atoms. The van der Waals surface area contributed by atoms with E-state index in [0.29, 0.717) is 24.4 Å². The summed E-state index contributed by atoms with van der Waals surface area (Å²) >= 11 is 0. The first kappa shape index (κ1) is 14.6. The molecular weight excluding hydrogens is 259 g/mol. The molecule has 2 nitrogen and oxygen atoms in total. The Morgan fingerprint density at radius 3 is 2.10 bits per heavy atom. The molecule has 21 heavy (non-hydrogen) atoms. The van der Waals surface area contributed by atoms with Gasteiger partial charge in [0, 0.05) is 0 Å². The molecule has 0 unspecified atom stereocenters. The van der Waals surface area contributed by atoms with Crippen LogP contribution in [0.2, 0.25) is 11.6 Å². The maximum Gasteiger partial charge on any atom is 0.346 e. The molecule has 0 radical (unpaired) electrons. The van der Waals surface area contributed by atoms with Crippen molar-refractivity contribution in [2.24, 2.45) is 23.2 Å². The van der Waals surface area contributed by atoms with Crippen LogP contribution in [0.5, 0.6) is 0 Å². The Morgan fingerprint density at radius 2 is 1.57 bits per heavy atom. The minimum Gasteiger partial charge on any atom is -0.304 e. The van der Waals surface area contributed by atoms with Crippen LogP contribution in [0.15, 0.2) is 0 Å². The number of hydrogen-bond acceptors (Lipinski definition) is 2. The highest BCUT2D eigenvalue weighted by Crippen LogP contribution is 2.61. The molecule has 3 saturated carbocycles. The van der Waals surface area contributed by atoms with Crippen LogP contribution in [0, 0.1) is 23.2 Å². The highest BCUT2D eigenvalue weighted by atomic mass is 17.2. The Kier molecular flexibility index (Phi) is 3.65. The van der Waals surface area contributed by atoms with Gasteiger partial charge >= 0.3 is 6.92 Å². The topological polar surface area (TPSA) is 18.5 Å². The smallest absolute Gasteiger partial charge is 0.304 e. The van der Waals surface area contributed by atoms with Crippen molar-refractivity contribution >= 4 is 6.92 Å². The van der Waals surface area contributed by atoms with Gasteiger partial charge in [0.25, 0.3) is 0 Å². The normalized spacial score (nSPS) is 47.9. The van der Waals surface area contributed by atoms with Crippen LogP contribution < -0.4 is 0 Å². The molecule has 5 aliphatic rings. The van der Waals surface area contributed by atoms with Crippen LogP contribution in [-0.2, 0) is 9.69 Å². The average Bonchev–Trinajstić information content (AvgIpc) is 2.45. The highest BCUT2D eigenvalue weighted by Gasteiger charge is 2.57. The molecule has 118 valence electrons. The molecule has 2 heterocycles. The van der Waals surface area contributed by atoms with Crippen LogP contribution in [-0.4, -0.2) is 13.0 Å². The third kappa shape index (κ3) is 2.30. The molecule has 2 aliphatic heterocycles. The highest BCUT2D eigenvalue weighted by molar-refractivity contribution is 6.55. The first-order valence-electron chi connectivity index (χ1n) is 9.39. The van der Waals surface area contributed by atoms with Gasteiger partial charge in [0.05, 0.1) is 6.10 Å². The molecule has 4 atom stereocenters. The second-order valence-corrected chi connectivity index (χ2v) is 9.03. The third-order valence-electron chi connectivity index (χ3n) is 7.80. The predicted molar refractivity (Wildman–Crippen MR) is 86.1 cm³/mol. The molecule has 0 aromatic heterocycles. The van der Waals surface area contributed by atoms with E-state index >= 15 is 0 Å². The zero-order valence-corrected chi connectivity index (χ0v) is 14.0. The molecule has 2 saturated heterocycles. The van der Waals surface area contributed by atoms with Gasteiger partial charge in [0.2, 0.25) is 0 Å². The number of fused-ring (bicyclic) bond motifs is 4. The van der Waals surface area contributed by atoms with Crippen molar-refractivity contribution in [3.05, 3.63) is 0 Å². The van der Waals surface area contributed by atoms with Gasteiger partial charge in [-0.3, -0.25) is 0 Å². The maximum atomic E-state index is 6.10. The van der Waals surface area contributed by atoms with Gasteiger partial charge in [-0.25, -0.2) is 4.89 Å². The Morgan fingerprint density at radius 1 is 0.952 bits per heavy atom. The number of rotatable bonds is 3. The molecule has 3 heteroatoms. The summed E-state index contributed by atoms with van der Waals surface area (Å²) in [7, 11) is 0. The van der Waals surface area contributed by atoms with Gasteiger partial charge in [-0.05, 0) is 47.6 Å². The maximum absolute atomic E-state index is 6.10. The van der Waals surface area contributed by atoms with Crippen molar-refractivity contribution < 1.29 is 9.69 Å². The first-order valence-corrected chi connectivity index (χ1v) is 9.39. The Hall–Kier alpha value is -0.0151.